The molecule has 21 nitrogen and oxygen atoms in total. The Hall–Kier alpha value is -2.96. The normalized spacial score (nSPS) is 31.1. The van der Waals surface area contributed by atoms with E-state index in [1.165, 1.54) is 14.1 Å². The van der Waals surface area contributed by atoms with Crippen molar-refractivity contribution in [3.05, 3.63) is 0 Å². The second-order valence-corrected chi connectivity index (χ2v) is 11.8. The SMILES string of the molecule is CN(C)C(=O)OCC(C)(COC(=O)OCC(C)(CO)C(=O)O[C@@H]1[C@@H](O)[C@@H](O)O[C@@H]1C(O)CO)C(=O)O[C@@H]1[C@@H](O)[C@@H](O)O[C@@H]1C(O)CO. The fraction of sp³-hybridized carbons (Fsp3) is 0.846. The molecule has 0 aromatic heterocycles. The van der Waals surface area contributed by atoms with Gasteiger partial charge in [0, 0.05) is 14.1 Å². The Kier molecular flexibility index (Phi) is 14.5. The molecule has 0 saturated carbocycles. The molecule has 47 heavy (non-hydrogen) atoms. The summed E-state index contributed by atoms with van der Waals surface area (Å²) in [5.41, 5.74) is -4.06. The predicted molar refractivity (Wildman–Crippen MR) is 145 cm³/mol. The van der Waals surface area contributed by atoms with Crippen molar-refractivity contribution in [1.82, 2.24) is 4.90 Å². The highest BCUT2D eigenvalue weighted by Crippen LogP contribution is 2.31. The molecule has 4 unspecified atom stereocenters. The van der Waals surface area contributed by atoms with E-state index in [2.05, 4.69) is 0 Å². The Morgan fingerprint density at radius 1 is 0.702 bits per heavy atom. The largest absolute Gasteiger partial charge is 0.508 e. The van der Waals surface area contributed by atoms with E-state index in [1.807, 2.05) is 0 Å². The lowest BCUT2D eigenvalue weighted by atomic mass is 9.92. The maximum Gasteiger partial charge on any atom is 0.508 e. The van der Waals surface area contributed by atoms with Gasteiger partial charge in [0.15, 0.2) is 24.8 Å². The third kappa shape index (κ3) is 9.79. The van der Waals surface area contributed by atoms with Crippen LogP contribution in [0.15, 0.2) is 0 Å². The van der Waals surface area contributed by atoms with Gasteiger partial charge in [0.1, 0.15) is 67.3 Å². The van der Waals surface area contributed by atoms with Gasteiger partial charge < -0.3 is 84.0 Å². The molecular weight excluding hydrogens is 646 g/mol. The number of carbonyl (C=O) groups excluding carboxylic acids is 4. The molecule has 0 aromatic rings. The van der Waals surface area contributed by atoms with Crippen molar-refractivity contribution in [2.75, 3.05) is 53.7 Å². The van der Waals surface area contributed by atoms with E-state index in [-0.39, 0.29) is 0 Å². The second-order valence-electron chi connectivity index (χ2n) is 11.8. The van der Waals surface area contributed by atoms with Gasteiger partial charge in [-0.2, -0.15) is 0 Å². The van der Waals surface area contributed by atoms with E-state index < -0.39 is 136 Å². The van der Waals surface area contributed by atoms with E-state index in [9.17, 15) is 65.1 Å². The highest BCUT2D eigenvalue weighted by molar-refractivity contribution is 5.79. The van der Waals surface area contributed by atoms with Crippen LogP contribution in [0.1, 0.15) is 13.8 Å². The zero-order valence-electron chi connectivity index (χ0n) is 26.0. The first-order valence-electron chi connectivity index (χ1n) is 14.1. The van der Waals surface area contributed by atoms with Crippen LogP contribution in [-0.4, -0.2) is 190 Å². The Morgan fingerprint density at radius 2 is 1.09 bits per heavy atom. The molecule has 2 fully saturated rings. The number of hydrogen-bond acceptors (Lipinski definition) is 20. The Bertz CT molecular complexity index is 1080. The monoisotopic (exact) mass is 689 g/mol. The van der Waals surface area contributed by atoms with Gasteiger partial charge in [0.2, 0.25) is 0 Å². The number of amides is 1. The minimum absolute atomic E-state index is 0.783. The third-order valence-electron chi connectivity index (χ3n) is 7.35. The smallest absolute Gasteiger partial charge is 0.456 e. The molecule has 2 aliphatic rings. The molecule has 0 aromatic carbocycles. The van der Waals surface area contributed by atoms with E-state index in [1.54, 1.807) is 0 Å². The summed E-state index contributed by atoms with van der Waals surface area (Å²) in [5.74, 6) is -2.57. The van der Waals surface area contributed by atoms with Crippen LogP contribution in [0.2, 0.25) is 0 Å². The molecule has 0 bridgehead atoms. The van der Waals surface area contributed by atoms with Gasteiger partial charge in [-0.3, -0.25) is 9.59 Å². The maximum absolute atomic E-state index is 13.3. The quantitative estimate of drug-likeness (QED) is 0.0572. The summed E-state index contributed by atoms with van der Waals surface area (Å²) in [4.78, 5) is 51.7. The zero-order chi connectivity index (χ0) is 35.9. The minimum Gasteiger partial charge on any atom is -0.456 e. The van der Waals surface area contributed by atoms with Gasteiger partial charge in [0.25, 0.3) is 0 Å². The van der Waals surface area contributed by atoms with Crippen molar-refractivity contribution in [2.45, 2.75) is 75.3 Å². The molecule has 12 atom stereocenters. The van der Waals surface area contributed by atoms with Crippen LogP contribution in [0.3, 0.4) is 0 Å². The molecule has 2 rings (SSSR count). The first-order chi connectivity index (χ1) is 21.8. The standard InChI is InChI=1S/C26H43NO20/c1-25(7-30,21(37)46-17-13(33)19(35)44-15(17)11(31)5-28)8-42-24(40)43-10-26(2,9-41-23(39)27(3)4)22(38)47-18-14(34)20(36)45-16(18)12(32)6-29/h11-20,28-36H,5-10H2,1-4H3/t11?,12?,13-,14-,15-,16-,17-,18-,19+,20+,25?,26?/m1/s1. The summed E-state index contributed by atoms with van der Waals surface area (Å²) in [6.45, 7) is -3.19. The Labute approximate surface area is 267 Å². The maximum atomic E-state index is 13.3. The number of nitrogens with zero attached hydrogens (tertiary/aromatic N) is 1. The molecule has 2 heterocycles. The van der Waals surface area contributed by atoms with Gasteiger partial charge in [-0.25, -0.2) is 9.59 Å². The molecule has 272 valence electrons. The number of ether oxygens (including phenoxy) is 7. The van der Waals surface area contributed by atoms with Crippen molar-refractivity contribution in [3.8, 4) is 0 Å². The topological polar surface area (TPSA) is 318 Å². The van der Waals surface area contributed by atoms with Crippen LogP contribution in [0.5, 0.6) is 0 Å². The van der Waals surface area contributed by atoms with Gasteiger partial charge >= 0.3 is 24.2 Å². The molecular formula is C26H43NO20. The summed E-state index contributed by atoms with van der Waals surface area (Å²) in [6.07, 6.45) is -19.9. The van der Waals surface area contributed by atoms with Crippen LogP contribution >= 0.6 is 0 Å². The van der Waals surface area contributed by atoms with Crippen molar-refractivity contribution >= 4 is 24.2 Å². The summed E-state index contributed by atoms with van der Waals surface area (Å²) in [7, 11) is 2.67. The van der Waals surface area contributed by atoms with Crippen LogP contribution in [0.4, 0.5) is 9.59 Å². The van der Waals surface area contributed by atoms with Crippen LogP contribution in [0, 0.1) is 10.8 Å². The lowest BCUT2D eigenvalue weighted by Gasteiger charge is -2.31. The van der Waals surface area contributed by atoms with Crippen LogP contribution in [0.25, 0.3) is 0 Å². The number of rotatable bonds is 15. The fourth-order valence-corrected chi connectivity index (χ4v) is 4.14. The average molecular weight is 690 g/mol. The molecule has 0 spiro atoms. The van der Waals surface area contributed by atoms with Crippen molar-refractivity contribution in [3.63, 3.8) is 0 Å². The summed E-state index contributed by atoms with van der Waals surface area (Å²) in [5, 5.41) is 88.1. The first-order valence-corrected chi connectivity index (χ1v) is 14.1. The fourth-order valence-electron chi connectivity index (χ4n) is 4.14. The number of hydrogen-bond donors (Lipinski definition) is 9. The van der Waals surface area contributed by atoms with Gasteiger partial charge in [-0.05, 0) is 13.8 Å². The third-order valence-corrected chi connectivity index (χ3v) is 7.35. The molecule has 1 amide bonds. The van der Waals surface area contributed by atoms with E-state index in [4.69, 9.17) is 33.2 Å². The van der Waals surface area contributed by atoms with Crippen LogP contribution in [-0.2, 0) is 42.7 Å². The molecule has 21 heteroatoms. The predicted octanol–water partition coefficient (Wildman–Crippen LogP) is -5.47. The number of aliphatic hydroxyl groups is 9. The number of carbonyl (C=O) groups is 4. The van der Waals surface area contributed by atoms with Gasteiger partial charge in [0.05, 0.1) is 19.8 Å². The van der Waals surface area contributed by atoms with Crippen molar-refractivity contribution in [2.24, 2.45) is 10.8 Å². The van der Waals surface area contributed by atoms with Crippen molar-refractivity contribution < 1.29 is 98.3 Å². The number of esters is 2. The Balaban J connectivity index is 2.12. The zero-order valence-corrected chi connectivity index (χ0v) is 26.0. The highest BCUT2D eigenvalue weighted by Gasteiger charge is 2.52. The lowest BCUT2D eigenvalue weighted by Crippen LogP contribution is -2.49. The number of aliphatic hydroxyl groups excluding tert-OH is 9. The minimum atomic E-state index is -2.03. The van der Waals surface area contributed by atoms with E-state index >= 15 is 0 Å². The Morgan fingerprint density at radius 3 is 1.47 bits per heavy atom. The molecule has 9 N–H and O–H groups in total. The summed E-state index contributed by atoms with van der Waals surface area (Å²) in [6, 6.07) is 0. The molecule has 2 saturated heterocycles. The molecule has 2 aliphatic heterocycles. The summed E-state index contributed by atoms with van der Waals surface area (Å²) < 4.78 is 35.2. The average Bonchev–Trinajstić information content (AvgIpc) is 3.49. The van der Waals surface area contributed by atoms with Crippen LogP contribution < -0.4 is 0 Å². The molecule has 0 radical (unpaired) electrons. The van der Waals surface area contributed by atoms with E-state index in [0.717, 1.165) is 18.7 Å². The van der Waals surface area contributed by atoms with Gasteiger partial charge in [-0.15, -0.1) is 0 Å². The highest BCUT2D eigenvalue weighted by atomic mass is 16.7. The molecule has 0 aliphatic carbocycles. The van der Waals surface area contributed by atoms with Crippen molar-refractivity contribution in [1.29, 1.82) is 0 Å². The van der Waals surface area contributed by atoms with Gasteiger partial charge in [-0.1, -0.05) is 0 Å². The summed E-state index contributed by atoms with van der Waals surface area (Å²) >= 11 is 0. The lowest BCUT2D eigenvalue weighted by molar-refractivity contribution is -0.178. The first kappa shape index (κ1) is 40.2. The van der Waals surface area contributed by atoms with E-state index in [0.29, 0.717) is 0 Å². The second kappa shape index (κ2) is 16.9.